The second kappa shape index (κ2) is 10.7. The minimum atomic E-state index is -1.01. The number of benzene rings is 1. The Morgan fingerprint density at radius 3 is 2.73 bits per heavy atom. The van der Waals surface area contributed by atoms with E-state index in [1.807, 2.05) is 24.3 Å². The molecule has 30 heavy (non-hydrogen) atoms. The lowest BCUT2D eigenvalue weighted by molar-refractivity contribution is -0.132. The number of carbonyl (C=O) groups excluding carboxylic acids is 1. The number of hydrogen-bond acceptors (Lipinski definition) is 4. The fourth-order valence-corrected chi connectivity index (χ4v) is 3.82. The predicted molar refractivity (Wildman–Crippen MR) is 115 cm³/mol. The molecule has 1 saturated carbocycles. The van der Waals surface area contributed by atoms with Crippen LogP contribution in [-0.2, 0) is 9.59 Å². The van der Waals surface area contributed by atoms with Crippen LogP contribution in [0.1, 0.15) is 50.5 Å². The molecule has 6 heteroatoms. The molecular formula is C24H29NO5. The average Bonchev–Trinajstić information content (AvgIpc) is 2.77. The summed E-state index contributed by atoms with van der Waals surface area (Å²) in [7, 11) is 1.60. The van der Waals surface area contributed by atoms with Gasteiger partial charge in [0.2, 0.25) is 5.91 Å². The van der Waals surface area contributed by atoms with Crippen LogP contribution in [0.3, 0.4) is 0 Å². The van der Waals surface area contributed by atoms with Crippen LogP contribution in [0.15, 0.2) is 47.7 Å². The molecule has 1 aromatic carbocycles. The normalized spacial score (nSPS) is 17.2. The van der Waals surface area contributed by atoms with Gasteiger partial charge in [-0.25, -0.2) is 4.79 Å². The van der Waals surface area contributed by atoms with Gasteiger partial charge in [0, 0.05) is 6.08 Å². The van der Waals surface area contributed by atoms with E-state index in [2.05, 4.69) is 5.32 Å². The molecule has 6 nitrogen and oxygen atoms in total. The number of methoxy groups -OCH3 is 1. The largest absolute Gasteiger partial charge is 0.493 e. The standard InChI is InChI=1S/C24H29NO5/c1-29-22-15-17(11-13-21(22)30-16-18-7-3-2-4-8-18)12-14-23(26)25-20-10-6-5-9-19(20)24(27)28/h6,10-15,18H,2-5,7-9,16H2,1H3,(H,25,26)(H,27,28)/b14-12+. The summed E-state index contributed by atoms with van der Waals surface area (Å²) in [5, 5.41) is 11.9. The van der Waals surface area contributed by atoms with Gasteiger partial charge >= 0.3 is 5.97 Å². The first-order chi connectivity index (χ1) is 14.6. The van der Waals surface area contributed by atoms with E-state index < -0.39 is 5.97 Å². The molecule has 0 atom stereocenters. The first-order valence-corrected chi connectivity index (χ1v) is 10.5. The zero-order valence-corrected chi connectivity index (χ0v) is 17.4. The Bertz CT molecular complexity index is 862. The molecule has 0 radical (unpaired) electrons. The van der Waals surface area contributed by atoms with Crippen molar-refractivity contribution in [1.82, 2.24) is 5.32 Å². The van der Waals surface area contributed by atoms with Gasteiger partial charge in [-0.05, 0) is 61.4 Å². The number of ether oxygens (including phenoxy) is 2. The van der Waals surface area contributed by atoms with Gasteiger partial charge in [0.1, 0.15) is 0 Å². The van der Waals surface area contributed by atoms with Crippen LogP contribution < -0.4 is 14.8 Å². The van der Waals surface area contributed by atoms with E-state index >= 15 is 0 Å². The van der Waals surface area contributed by atoms with Crippen molar-refractivity contribution < 1.29 is 24.2 Å². The van der Waals surface area contributed by atoms with Crippen molar-refractivity contribution >= 4 is 18.0 Å². The molecule has 1 fully saturated rings. The van der Waals surface area contributed by atoms with Crippen molar-refractivity contribution in [2.75, 3.05) is 13.7 Å². The summed E-state index contributed by atoms with van der Waals surface area (Å²) in [6.45, 7) is 0.697. The number of amides is 1. The minimum absolute atomic E-state index is 0.223. The lowest BCUT2D eigenvalue weighted by Gasteiger charge is -2.22. The maximum atomic E-state index is 12.2. The third-order valence-electron chi connectivity index (χ3n) is 5.50. The van der Waals surface area contributed by atoms with Gasteiger partial charge in [0.25, 0.3) is 0 Å². The Morgan fingerprint density at radius 2 is 2.00 bits per heavy atom. The number of carboxylic acids is 1. The Morgan fingerprint density at radius 1 is 1.20 bits per heavy atom. The van der Waals surface area contributed by atoms with Gasteiger partial charge in [-0.2, -0.15) is 0 Å². The zero-order valence-electron chi connectivity index (χ0n) is 17.4. The summed E-state index contributed by atoms with van der Waals surface area (Å²) >= 11 is 0. The number of carboxylic acid groups (broad SMARTS) is 1. The van der Waals surface area contributed by atoms with Crippen LogP contribution in [0.2, 0.25) is 0 Å². The van der Waals surface area contributed by atoms with E-state index in [0.29, 0.717) is 42.6 Å². The summed E-state index contributed by atoms with van der Waals surface area (Å²) in [5.74, 6) is 0.539. The molecule has 2 N–H and O–H groups in total. The fourth-order valence-electron chi connectivity index (χ4n) is 3.82. The van der Waals surface area contributed by atoms with Crippen LogP contribution >= 0.6 is 0 Å². The molecule has 0 bridgehead atoms. The number of rotatable bonds is 8. The maximum absolute atomic E-state index is 12.2. The second-order valence-electron chi connectivity index (χ2n) is 7.69. The molecule has 2 aliphatic carbocycles. The molecule has 0 heterocycles. The van der Waals surface area contributed by atoms with Gasteiger partial charge in [-0.3, -0.25) is 4.79 Å². The summed E-state index contributed by atoms with van der Waals surface area (Å²) in [6, 6.07) is 5.54. The summed E-state index contributed by atoms with van der Waals surface area (Å²) in [5.41, 5.74) is 1.35. The molecule has 3 rings (SSSR count). The van der Waals surface area contributed by atoms with E-state index in [4.69, 9.17) is 9.47 Å². The fraction of sp³-hybridized carbons (Fsp3) is 0.417. The average molecular weight is 411 g/mol. The van der Waals surface area contributed by atoms with Crippen molar-refractivity contribution in [2.24, 2.45) is 5.92 Å². The van der Waals surface area contributed by atoms with Crippen LogP contribution in [-0.4, -0.2) is 30.7 Å². The summed E-state index contributed by atoms with van der Waals surface area (Å²) in [4.78, 5) is 23.5. The molecule has 0 aliphatic heterocycles. The predicted octanol–water partition coefficient (Wildman–Crippen LogP) is 4.47. The van der Waals surface area contributed by atoms with Crippen LogP contribution in [0.25, 0.3) is 6.08 Å². The third-order valence-corrected chi connectivity index (χ3v) is 5.50. The molecule has 160 valence electrons. The van der Waals surface area contributed by atoms with Gasteiger partial charge in [0.15, 0.2) is 11.5 Å². The number of carbonyl (C=O) groups is 2. The first kappa shape index (κ1) is 21.7. The zero-order chi connectivity index (χ0) is 21.3. The summed E-state index contributed by atoms with van der Waals surface area (Å²) < 4.78 is 11.4. The van der Waals surface area contributed by atoms with E-state index in [1.165, 1.54) is 38.2 Å². The number of hydrogen-bond donors (Lipinski definition) is 2. The first-order valence-electron chi connectivity index (χ1n) is 10.5. The second-order valence-corrected chi connectivity index (χ2v) is 7.69. The topological polar surface area (TPSA) is 84.9 Å². The van der Waals surface area contributed by atoms with Gasteiger partial charge in [-0.1, -0.05) is 31.4 Å². The van der Waals surface area contributed by atoms with Gasteiger partial charge in [-0.15, -0.1) is 0 Å². The molecule has 1 amide bonds. The monoisotopic (exact) mass is 411 g/mol. The highest BCUT2D eigenvalue weighted by Gasteiger charge is 2.17. The molecule has 1 aromatic rings. The van der Waals surface area contributed by atoms with Gasteiger partial charge < -0.3 is 19.9 Å². The van der Waals surface area contributed by atoms with Crippen molar-refractivity contribution in [3.8, 4) is 11.5 Å². The third kappa shape index (κ3) is 5.99. The van der Waals surface area contributed by atoms with Crippen molar-refractivity contribution in [1.29, 1.82) is 0 Å². The Hall–Kier alpha value is -3.02. The maximum Gasteiger partial charge on any atom is 0.333 e. The van der Waals surface area contributed by atoms with E-state index in [1.54, 1.807) is 19.3 Å². The molecule has 0 saturated heterocycles. The lowest BCUT2D eigenvalue weighted by atomic mass is 9.90. The van der Waals surface area contributed by atoms with Crippen molar-refractivity contribution in [3.63, 3.8) is 0 Å². The molecule has 2 aliphatic rings. The highest BCUT2D eigenvalue weighted by atomic mass is 16.5. The lowest BCUT2D eigenvalue weighted by Crippen LogP contribution is -2.23. The van der Waals surface area contributed by atoms with Crippen LogP contribution in [0.4, 0.5) is 0 Å². The molecule has 0 unspecified atom stereocenters. The molecule has 0 aromatic heterocycles. The summed E-state index contributed by atoms with van der Waals surface area (Å²) in [6.07, 6.45) is 13.9. The Labute approximate surface area is 177 Å². The smallest absolute Gasteiger partial charge is 0.333 e. The number of nitrogens with one attached hydrogen (secondary N) is 1. The van der Waals surface area contributed by atoms with Crippen LogP contribution in [0.5, 0.6) is 11.5 Å². The Balaban J connectivity index is 1.61. The quantitative estimate of drug-likeness (QED) is 0.617. The van der Waals surface area contributed by atoms with Crippen molar-refractivity contribution in [3.05, 3.63) is 53.3 Å². The van der Waals surface area contributed by atoms with Crippen molar-refractivity contribution in [2.45, 2.75) is 44.9 Å². The molecular weight excluding hydrogens is 382 g/mol. The van der Waals surface area contributed by atoms with E-state index in [-0.39, 0.29) is 11.5 Å². The SMILES string of the molecule is COc1cc(/C=C/C(=O)NC2=C(C(=O)O)CCC=C2)ccc1OCC1CCCCC1. The highest BCUT2D eigenvalue weighted by molar-refractivity contribution is 5.95. The number of allylic oxidation sites excluding steroid dienone is 2. The van der Waals surface area contributed by atoms with Gasteiger partial charge in [0.05, 0.1) is 25.0 Å². The molecule has 0 spiro atoms. The number of aliphatic carboxylic acids is 1. The van der Waals surface area contributed by atoms with E-state index in [9.17, 15) is 14.7 Å². The van der Waals surface area contributed by atoms with E-state index in [0.717, 1.165) is 5.56 Å². The minimum Gasteiger partial charge on any atom is -0.493 e. The Kier molecular flexibility index (Phi) is 7.71. The van der Waals surface area contributed by atoms with Crippen LogP contribution in [0, 0.1) is 5.92 Å². The highest BCUT2D eigenvalue weighted by Crippen LogP contribution is 2.31.